The number of hydrogen-bond acceptors (Lipinski definition) is 6. The summed E-state index contributed by atoms with van der Waals surface area (Å²) in [7, 11) is 0.942. The van der Waals surface area contributed by atoms with Crippen LogP contribution in [0, 0.1) is 35.1 Å². The second kappa shape index (κ2) is 10.7. The minimum atomic E-state index is -2.08. The van der Waals surface area contributed by atoms with Crippen LogP contribution in [0.4, 0.5) is 17.6 Å². The molecule has 2 aliphatic rings. The number of amides is 1. The fourth-order valence-electron chi connectivity index (χ4n) is 3.27. The molecule has 2 aromatic rings. The van der Waals surface area contributed by atoms with E-state index in [9.17, 15) is 22.4 Å². The Morgan fingerprint density at radius 3 is 2.40 bits per heavy atom. The number of oxime groups is 2. The second-order valence-electron chi connectivity index (χ2n) is 8.33. The number of carbonyl (C=O) groups is 1. The van der Waals surface area contributed by atoms with Gasteiger partial charge in [-0.2, -0.15) is 4.39 Å². The maximum absolute atomic E-state index is 14.7. The van der Waals surface area contributed by atoms with Gasteiger partial charge in [-0.05, 0) is 24.3 Å². The number of methoxy groups -OCH3 is 1. The van der Waals surface area contributed by atoms with E-state index in [4.69, 9.17) is 14.4 Å². The Labute approximate surface area is 198 Å². The van der Waals surface area contributed by atoms with Crippen LogP contribution in [0.5, 0.6) is 5.75 Å². The number of halogens is 4. The number of nitrogens with zero attached hydrogens (tertiary/aromatic N) is 2. The lowest BCUT2D eigenvalue weighted by Crippen LogP contribution is -2.34. The van der Waals surface area contributed by atoms with Crippen LogP contribution in [-0.2, 0) is 20.9 Å². The first-order valence-electron chi connectivity index (χ1n) is 11.0. The van der Waals surface area contributed by atoms with Gasteiger partial charge in [-0.3, -0.25) is 4.79 Å². The number of nitrogens with one attached hydrogen (secondary N) is 1. The van der Waals surface area contributed by atoms with Gasteiger partial charge in [0.25, 0.3) is 0 Å². The summed E-state index contributed by atoms with van der Waals surface area (Å²) in [5.74, 6) is -9.54. The summed E-state index contributed by atoms with van der Waals surface area (Å²) in [6, 6.07) is 8.57. The number of carbonyl (C=O) groups excluding carboxylic acids is 1. The standard InChI is InChI=1S/C24H23F4N3O4/c1-33-23-18(19(25)20(26)21(27)22(23)28)24(29-17(32)9-13-5-3-2-4-6-13)31-35-12-15-10-16(15)30-34-11-14-7-8-14/h2-6,14-15H,7-12H2,1H3,(H,29,31,32). The van der Waals surface area contributed by atoms with Gasteiger partial charge in [-0.15, -0.1) is 0 Å². The molecule has 1 atom stereocenters. The van der Waals surface area contributed by atoms with Crippen LogP contribution in [-0.4, -0.2) is 37.8 Å². The minimum Gasteiger partial charge on any atom is -0.493 e. The van der Waals surface area contributed by atoms with E-state index in [1.165, 1.54) is 0 Å². The predicted molar refractivity (Wildman–Crippen MR) is 118 cm³/mol. The summed E-state index contributed by atoms with van der Waals surface area (Å²) >= 11 is 0. The molecule has 2 aliphatic carbocycles. The van der Waals surface area contributed by atoms with Crippen molar-refractivity contribution in [2.75, 3.05) is 20.3 Å². The van der Waals surface area contributed by atoms with Crippen LogP contribution in [0.1, 0.15) is 30.4 Å². The largest absolute Gasteiger partial charge is 0.493 e. The summed E-state index contributed by atoms with van der Waals surface area (Å²) in [6.07, 6.45) is 2.73. The van der Waals surface area contributed by atoms with Gasteiger partial charge in [0.05, 0.1) is 19.2 Å². The Morgan fingerprint density at radius 2 is 1.71 bits per heavy atom. The molecule has 2 saturated carbocycles. The topological polar surface area (TPSA) is 81.5 Å². The molecule has 0 spiro atoms. The number of rotatable bonds is 10. The molecule has 11 heteroatoms. The molecular formula is C24H23F4N3O4. The highest BCUT2D eigenvalue weighted by Gasteiger charge is 2.35. The van der Waals surface area contributed by atoms with E-state index in [1.54, 1.807) is 30.3 Å². The van der Waals surface area contributed by atoms with Crippen molar-refractivity contribution in [1.82, 2.24) is 5.32 Å². The molecule has 7 nitrogen and oxygen atoms in total. The summed E-state index contributed by atoms with van der Waals surface area (Å²) < 4.78 is 61.5. The molecule has 0 radical (unpaired) electrons. The van der Waals surface area contributed by atoms with Crippen molar-refractivity contribution >= 4 is 17.5 Å². The van der Waals surface area contributed by atoms with E-state index in [0.717, 1.165) is 25.7 Å². The van der Waals surface area contributed by atoms with Crippen molar-refractivity contribution in [1.29, 1.82) is 0 Å². The SMILES string of the molecule is COc1c(F)c(F)c(F)c(F)c1C(=NOCC1CC1=NOCC1CC1)NC(=O)Cc1ccccc1. The van der Waals surface area contributed by atoms with Gasteiger partial charge >= 0.3 is 0 Å². The quantitative estimate of drug-likeness (QED) is 0.135. The Morgan fingerprint density at radius 1 is 1.00 bits per heavy atom. The Balaban J connectivity index is 1.52. The fraction of sp³-hybridized carbons (Fsp3) is 0.375. The Bertz CT molecular complexity index is 1150. The molecule has 186 valence electrons. The van der Waals surface area contributed by atoms with Gasteiger partial charge in [0.1, 0.15) is 18.8 Å². The fourth-order valence-corrected chi connectivity index (χ4v) is 3.27. The molecule has 4 rings (SSSR count). The average Bonchev–Trinajstić information content (AvgIpc) is 3.78. The summed E-state index contributed by atoms with van der Waals surface area (Å²) in [5, 5.41) is 10.0. The first-order chi connectivity index (χ1) is 16.9. The second-order valence-corrected chi connectivity index (χ2v) is 8.33. The van der Waals surface area contributed by atoms with Crippen LogP contribution in [0.2, 0.25) is 0 Å². The Kier molecular flexibility index (Phi) is 7.52. The van der Waals surface area contributed by atoms with Gasteiger partial charge in [0.15, 0.2) is 23.2 Å². The van der Waals surface area contributed by atoms with E-state index in [1.807, 2.05) is 0 Å². The van der Waals surface area contributed by atoms with Crippen LogP contribution >= 0.6 is 0 Å². The minimum absolute atomic E-state index is 0.000227. The van der Waals surface area contributed by atoms with Crippen molar-refractivity contribution in [3.63, 3.8) is 0 Å². The molecule has 1 N–H and O–H groups in total. The molecule has 1 amide bonds. The highest BCUT2D eigenvalue weighted by atomic mass is 19.2. The van der Waals surface area contributed by atoms with Crippen molar-refractivity contribution in [3.8, 4) is 5.75 Å². The molecular weight excluding hydrogens is 470 g/mol. The zero-order valence-electron chi connectivity index (χ0n) is 18.8. The Hall–Kier alpha value is -3.63. The zero-order chi connectivity index (χ0) is 24.9. The molecule has 2 fully saturated rings. The zero-order valence-corrected chi connectivity index (χ0v) is 18.8. The third-order valence-electron chi connectivity index (χ3n) is 5.52. The van der Waals surface area contributed by atoms with Crippen LogP contribution in [0.3, 0.4) is 0 Å². The first kappa shape index (κ1) is 24.5. The van der Waals surface area contributed by atoms with Gasteiger partial charge in [0, 0.05) is 12.3 Å². The number of hydrogen-bond donors (Lipinski definition) is 1. The molecule has 0 aliphatic heterocycles. The van der Waals surface area contributed by atoms with Gasteiger partial charge in [0.2, 0.25) is 17.5 Å². The predicted octanol–water partition coefficient (Wildman–Crippen LogP) is 4.09. The maximum Gasteiger partial charge on any atom is 0.230 e. The lowest BCUT2D eigenvalue weighted by Gasteiger charge is -2.15. The van der Waals surface area contributed by atoms with E-state index < -0.39 is 46.3 Å². The van der Waals surface area contributed by atoms with Crippen molar-refractivity contribution in [3.05, 3.63) is 64.7 Å². The lowest BCUT2D eigenvalue weighted by atomic mass is 10.1. The number of amidine groups is 1. The van der Waals surface area contributed by atoms with Crippen LogP contribution < -0.4 is 10.1 Å². The van der Waals surface area contributed by atoms with E-state index in [0.29, 0.717) is 24.5 Å². The van der Waals surface area contributed by atoms with E-state index in [-0.39, 0.29) is 18.9 Å². The average molecular weight is 493 g/mol. The van der Waals surface area contributed by atoms with Gasteiger partial charge < -0.3 is 19.7 Å². The summed E-state index contributed by atoms with van der Waals surface area (Å²) in [6.45, 7) is 0.563. The molecule has 0 aromatic heterocycles. The van der Waals surface area contributed by atoms with Crippen molar-refractivity contribution in [2.24, 2.45) is 22.1 Å². The van der Waals surface area contributed by atoms with E-state index >= 15 is 0 Å². The monoisotopic (exact) mass is 493 g/mol. The number of benzene rings is 2. The molecule has 1 unspecified atom stereocenters. The highest BCUT2D eigenvalue weighted by molar-refractivity contribution is 6.09. The van der Waals surface area contributed by atoms with Gasteiger partial charge in [-0.1, -0.05) is 40.6 Å². The van der Waals surface area contributed by atoms with Gasteiger partial charge in [-0.25, -0.2) is 13.2 Å². The molecule has 0 bridgehead atoms. The smallest absolute Gasteiger partial charge is 0.230 e. The normalized spacial score (nSPS) is 18.4. The third-order valence-corrected chi connectivity index (χ3v) is 5.52. The maximum atomic E-state index is 14.7. The lowest BCUT2D eigenvalue weighted by molar-refractivity contribution is -0.119. The van der Waals surface area contributed by atoms with Crippen molar-refractivity contribution < 1.29 is 36.8 Å². The van der Waals surface area contributed by atoms with E-state index in [2.05, 4.69) is 15.6 Å². The van der Waals surface area contributed by atoms with Crippen molar-refractivity contribution in [2.45, 2.75) is 25.7 Å². The molecule has 2 aromatic carbocycles. The highest BCUT2D eigenvalue weighted by Crippen LogP contribution is 2.32. The third kappa shape index (κ3) is 6.09. The summed E-state index contributed by atoms with van der Waals surface area (Å²) in [4.78, 5) is 23.1. The van der Waals surface area contributed by atoms with Crippen LogP contribution in [0.15, 0.2) is 40.6 Å². The first-order valence-corrected chi connectivity index (χ1v) is 11.0. The molecule has 0 saturated heterocycles. The molecule has 0 heterocycles. The summed E-state index contributed by atoms with van der Waals surface area (Å²) in [5.41, 5.74) is 0.472. The number of ether oxygens (including phenoxy) is 1. The van der Waals surface area contributed by atoms with Crippen LogP contribution in [0.25, 0.3) is 0 Å². The molecule has 35 heavy (non-hydrogen) atoms.